The average Bonchev–Trinajstić information content (AvgIpc) is 3.07. The molecule has 3 aromatic rings. The number of hydrogen-bond acceptors (Lipinski definition) is 5. The molecule has 1 aliphatic carbocycles. The molecule has 1 aromatic heterocycles. The number of nitrogens with two attached hydrogens (primary N) is 1. The molecule has 0 fully saturated rings. The Balaban J connectivity index is 1.53. The highest BCUT2D eigenvalue weighted by atomic mass is 16.5. The largest absolute Gasteiger partial charge is 0.457 e. The summed E-state index contributed by atoms with van der Waals surface area (Å²) in [6.07, 6.45) is 1.47. The Hall–Kier alpha value is -3.81. The topological polar surface area (TPSA) is 130 Å². The van der Waals surface area contributed by atoms with Crippen molar-refractivity contribution in [2.75, 3.05) is 5.73 Å². The minimum Gasteiger partial charge on any atom is -0.457 e. The maximum Gasteiger partial charge on any atom is 0.326 e. The number of aryl methyl sites for hydroxylation is 1. The van der Waals surface area contributed by atoms with Gasteiger partial charge in [-0.2, -0.15) is 0 Å². The van der Waals surface area contributed by atoms with E-state index in [1.165, 1.54) is 0 Å². The van der Waals surface area contributed by atoms with Crippen LogP contribution >= 0.6 is 0 Å². The van der Waals surface area contributed by atoms with Crippen molar-refractivity contribution in [1.82, 2.24) is 15.3 Å². The second-order valence-electron chi connectivity index (χ2n) is 6.54. The molecule has 8 nitrogen and oxygen atoms in total. The number of ether oxygens (including phenoxy) is 1. The fourth-order valence-corrected chi connectivity index (χ4v) is 3.34. The lowest BCUT2D eigenvalue weighted by Crippen LogP contribution is -2.34. The monoisotopic (exact) mass is 378 g/mol. The summed E-state index contributed by atoms with van der Waals surface area (Å²) in [6, 6.07) is 15.0. The number of carbonyl (C=O) groups excluding carboxylic acids is 1. The summed E-state index contributed by atoms with van der Waals surface area (Å²) >= 11 is 0. The fourth-order valence-electron chi connectivity index (χ4n) is 3.34. The Morgan fingerprint density at radius 3 is 2.64 bits per heavy atom. The lowest BCUT2D eigenvalue weighted by atomic mass is 10.1. The summed E-state index contributed by atoms with van der Waals surface area (Å²) in [6.45, 7) is 0. The molecule has 142 valence electrons. The van der Waals surface area contributed by atoms with Gasteiger partial charge in [0.05, 0.1) is 6.04 Å². The second-order valence-corrected chi connectivity index (χ2v) is 6.54. The Labute approximate surface area is 159 Å². The zero-order chi connectivity index (χ0) is 19.7. The lowest BCUT2D eigenvalue weighted by molar-refractivity contribution is 0.0932. The molecule has 1 amide bonds. The van der Waals surface area contributed by atoms with Gasteiger partial charge in [-0.05, 0) is 48.2 Å². The molecule has 5 N–H and O–H groups in total. The second kappa shape index (κ2) is 7.07. The van der Waals surface area contributed by atoms with Crippen LogP contribution in [0.4, 0.5) is 5.69 Å². The first-order valence-corrected chi connectivity index (χ1v) is 8.80. The molecule has 0 unspecified atom stereocenters. The number of aromatic amines is 2. The van der Waals surface area contributed by atoms with Crippen LogP contribution in [0.5, 0.6) is 11.5 Å². The minimum atomic E-state index is -0.788. The van der Waals surface area contributed by atoms with Crippen molar-refractivity contribution >= 4 is 11.6 Å². The molecular formula is C20H18N4O4. The third-order valence-electron chi connectivity index (χ3n) is 4.68. The molecule has 8 heteroatoms. The predicted octanol–water partition coefficient (Wildman–Crippen LogP) is 1.85. The first-order valence-electron chi connectivity index (χ1n) is 8.80. The zero-order valence-corrected chi connectivity index (χ0v) is 14.8. The molecule has 1 aliphatic rings. The molecular weight excluding hydrogens is 360 g/mol. The lowest BCUT2D eigenvalue weighted by Gasteiger charge is -2.15. The normalized spacial score (nSPS) is 15.1. The Bertz CT molecular complexity index is 1150. The number of carbonyl (C=O) groups is 1. The molecule has 0 aliphatic heterocycles. The number of nitrogen functional groups attached to an aromatic ring is 1. The van der Waals surface area contributed by atoms with Crippen molar-refractivity contribution in [3.05, 3.63) is 86.2 Å². The molecule has 2 aromatic carbocycles. The van der Waals surface area contributed by atoms with E-state index < -0.39 is 17.2 Å². The van der Waals surface area contributed by atoms with Gasteiger partial charge in [-0.1, -0.05) is 24.3 Å². The summed E-state index contributed by atoms with van der Waals surface area (Å²) in [5.41, 5.74) is 5.55. The molecule has 28 heavy (non-hydrogen) atoms. The third-order valence-corrected chi connectivity index (χ3v) is 4.68. The SMILES string of the molecule is Nc1c(C(=O)N[C@@H]2CCc3cc(Oc4ccccc4)ccc32)[nH]c(=O)[nH]c1=O. The molecule has 0 saturated carbocycles. The smallest absolute Gasteiger partial charge is 0.326 e. The Morgan fingerprint density at radius 1 is 1.07 bits per heavy atom. The maximum absolute atomic E-state index is 12.5. The highest BCUT2D eigenvalue weighted by Gasteiger charge is 2.26. The number of H-pyrrole nitrogens is 2. The van der Waals surface area contributed by atoms with Gasteiger partial charge in [0, 0.05) is 0 Å². The van der Waals surface area contributed by atoms with Crippen molar-refractivity contribution in [1.29, 1.82) is 0 Å². The van der Waals surface area contributed by atoms with E-state index in [1.807, 2.05) is 53.5 Å². The molecule has 0 saturated heterocycles. The van der Waals surface area contributed by atoms with Gasteiger partial charge < -0.3 is 20.8 Å². The quantitative estimate of drug-likeness (QED) is 0.550. The number of aromatic nitrogens is 2. The van der Waals surface area contributed by atoms with Crippen molar-refractivity contribution < 1.29 is 9.53 Å². The number of rotatable bonds is 4. The van der Waals surface area contributed by atoms with Gasteiger partial charge in [0.2, 0.25) is 0 Å². The summed E-state index contributed by atoms with van der Waals surface area (Å²) in [5, 5.41) is 2.83. The van der Waals surface area contributed by atoms with E-state index >= 15 is 0 Å². The molecule has 0 spiro atoms. The van der Waals surface area contributed by atoms with Crippen LogP contribution in [0.3, 0.4) is 0 Å². The van der Waals surface area contributed by atoms with E-state index in [4.69, 9.17) is 10.5 Å². The Morgan fingerprint density at radius 2 is 1.86 bits per heavy atom. The van der Waals surface area contributed by atoms with Crippen LogP contribution in [-0.4, -0.2) is 15.9 Å². The van der Waals surface area contributed by atoms with Gasteiger partial charge in [-0.25, -0.2) is 4.79 Å². The fraction of sp³-hybridized carbons (Fsp3) is 0.150. The van der Waals surface area contributed by atoms with Crippen molar-refractivity contribution in [2.24, 2.45) is 0 Å². The minimum absolute atomic E-state index is 0.230. The van der Waals surface area contributed by atoms with Crippen LogP contribution < -0.4 is 27.0 Å². The summed E-state index contributed by atoms with van der Waals surface area (Å²) < 4.78 is 5.85. The molecule has 0 bridgehead atoms. The number of amides is 1. The summed E-state index contributed by atoms with van der Waals surface area (Å²) in [7, 11) is 0. The van der Waals surface area contributed by atoms with E-state index in [-0.39, 0.29) is 17.4 Å². The highest BCUT2D eigenvalue weighted by Crippen LogP contribution is 2.35. The first-order chi connectivity index (χ1) is 13.5. The van der Waals surface area contributed by atoms with Crippen molar-refractivity contribution in [2.45, 2.75) is 18.9 Å². The van der Waals surface area contributed by atoms with E-state index in [0.717, 1.165) is 29.0 Å². The van der Waals surface area contributed by atoms with Gasteiger partial charge in [0.1, 0.15) is 22.9 Å². The van der Waals surface area contributed by atoms with Gasteiger partial charge in [-0.15, -0.1) is 0 Å². The third kappa shape index (κ3) is 3.39. The van der Waals surface area contributed by atoms with Gasteiger partial charge in [0.25, 0.3) is 11.5 Å². The number of benzene rings is 2. The van der Waals surface area contributed by atoms with Crippen LogP contribution in [-0.2, 0) is 6.42 Å². The van der Waals surface area contributed by atoms with Crippen molar-refractivity contribution in [3.8, 4) is 11.5 Å². The average molecular weight is 378 g/mol. The number of para-hydroxylation sites is 1. The van der Waals surface area contributed by atoms with Gasteiger partial charge >= 0.3 is 5.69 Å². The van der Waals surface area contributed by atoms with E-state index in [9.17, 15) is 14.4 Å². The van der Waals surface area contributed by atoms with E-state index in [1.54, 1.807) is 0 Å². The van der Waals surface area contributed by atoms with Crippen LogP contribution in [0.15, 0.2) is 58.1 Å². The number of fused-ring (bicyclic) bond motifs is 1. The van der Waals surface area contributed by atoms with Crippen molar-refractivity contribution in [3.63, 3.8) is 0 Å². The van der Waals surface area contributed by atoms with Gasteiger partial charge in [0.15, 0.2) is 0 Å². The number of anilines is 1. The standard InChI is InChI=1S/C20H18N4O4/c21-16-17(23-20(27)24-18(16)25)19(26)22-15-9-6-11-10-13(7-8-14(11)15)28-12-4-2-1-3-5-12/h1-5,7-8,10,15H,6,9,21H2,(H,22,26)(H2,23,24,25,27)/t15-/m1/s1. The summed E-state index contributed by atoms with van der Waals surface area (Å²) in [4.78, 5) is 39.8. The molecule has 0 radical (unpaired) electrons. The highest BCUT2D eigenvalue weighted by molar-refractivity contribution is 5.97. The number of hydrogen-bond donors (Lipinski definition) is 4. The predicted molar refractivity (Wildman–Crippen MR) is 104 cm³/mol. The Kier molecular flexibility index (Phi) is 4.44. The van der Waals surface area contributed by atoms with Crippen LogP contribution in [0.25, 0.3) is 0 Å². The number of nitrogens with one attached hydrogen (secondary N) is 3. The van der Waals surface area contributed by atoms with Gasteiger partial charge in [-0.3, -0.25) is 14.6 Å². The van der Waals surface area contributed by atoms with E-state index in [0.29, 0.717) is 6.42 Å². The first kappa shape index (κ1) is 17.6. The van der Waals surface area contributed by atoms with Crippen LogP contribution in [0, 0.1) is 0 Å². The molecule has 1 heterocycles. The molecule has 1 atom stereocenters. The zero-order valence-electron chi connectivity index (χ0n) is 14.8. The maximum atomic E-state index is 12.5. The summed E-state index contributed by atoms with van der Waals surface area (Å²) in [5.74, 6) is 0.877. The molecule has 4 rings (SSSR count). The van der Waals surface area contributed by atoms with Crippen LogP contribution in [0.1, 0.15) is 34.1 Å². The van der Waals surface area contributed by atoms with Crippen LogP contribution in [0.2, 0.25) is 0 Å². The van der Waals surface area contributed by atoms with E-state index in [2.05, 4.69) is 10.3 Å².